The van der Waals surface area contributed by atoms with Gasteiger partial charge in [0.1, 0.15) is 0 Å². The number of nitrogens with two attached hydrogens (primary N) is 1. The summed E-state index contributed by atoms with van der Waals surface area (Å²) in [5.74, 6) is -0.944. The number of aromatic amines is 1. The first-order valence-corrected chi connectivity index (χ1v) is 6.93. The van der Waals surface area contributed by atoms with Crippen molar-refractivity contribution in [3.63, 3.8) is 0 Å². The van der Waals surface area contributed by atoms with Crippen molar-refractivity contribution < 1.29 is 9.59 Å². The van der Waals surface area contributed by atoms with E-state index in [2.05, 4.69) is 10.3 Å². The Hall–Kier alpha value is -2.92. The number of benzene rings is 2. The molecule has 0 aliphatic carbocycles. The molecule has 2 heterocycles. The van der Waals surface area contributed by atoms with Crippen LogP contribution in [0.1, 0.15) is 21.6 Å². The summed E-state index contributed by atoms with van der Waals surface area (Å²) in [5.41, 5.74) is 7.44. The van der Waals surface area contributed by atoms with Crippen molar-refractivity contribution in [1.29, 1.82) is 0 Å². The van der Waals surface area contributed by atoms with Crippen LogP contribution in [0, 0.1) is 0 Å². The highest BCUT2D eigenvalue weighted by atomic mass is 16.2. The van der Waals surface area contributed by atoms with E-state index in [1.54, 1.807) is 24.3 Å². The van der Waals surface area contributed by atoms with Gasteiger partial charge >= 0.3 is 0 Å². The number of aromatic nitrogens is 1. The van der Waals surface area contributed by atoms with Gasteiger partial charge in [-0.25, -0.2) is 0 Å². The van der Waals surface area contributed by atoms with Crippen molar-refractivity contribution in [2.45, 2.75) is 5.54 Å². The number of H-pyrrole nitrogens is 1. The first kappa shape index (κ1) is 12.8. The average molecular weight is 291 g/mol. The van der Waals surface area contributed by atoms with Crippen molar-refractivity contribution >= 4 is 22.7 Å². The van der Waals surface area contributed by atoms with Gasteiger partial charge in [-0.1, -0.05) is 36.4 Å². The fourth-order valence-electron chi connectivity index (χ4n) is 2.97. The van der Waals surface area contributed by atoms with Gasteiger partial charge in [0.05, 0.1) is 5.69 Å². The lowest BCUT2D eigenvalue weighted by atomic mass is 9.81. The molecular weight excluding hydrogens is 278 g/mol. The van der Waals surface area contributed by atoms with Crippen LogP contribution in [-0.4, -0.2) is 16.8 Å². The Bertz CT molecular complexity index is 895. The normalized spacial score (nSPS) is 20.8. The minimum atomic E-state index is -1.41. The van der Waals surface area contributed by atoms with E-state index in [0.29, 0.717) is 16.8 Å². The molecule has 0 bridgehead atoms. The number of rotatable bonds is 1. The summed E-state index contributed by atoms with van der Waals surface area (Å²) in [6.07, 6.45) is 0. The highest BCUT2D eigenvalue weighted by molar-refractivity contribution is 6.14. The van der Waals surface area contributed by atoms with Gasteiger partial charge in [-0.3, -0.25) is 14.9 Å². The first-order valence-electron chi connectivity index (χ1n) is 6.93. The van der Waals surface area contributed by atoms with Crippen molar-refractivity contribution in [2.24, 2.45) is 5.73 Å². The number of hydrogen-bond acceptors (Lipinski definition) is 3. The van der Waals surface area contributed by atoms with Gasteiger partial charge in [0.25, 0.3) is 11.8 Å². The zero-order chi connectivity index (χ0) is 15.3. The molecule has 4 rings (SSSR count). The molecule has 0 saturated carbocycles. The van der Waals surface area contributed by atoms with E-state index in [1.807, 2.05) is 30.3 Å². The quantitative estimate of drug-likeness (QED) is 0.596. The van der Waals surface area contributed by atoms with Crippen molar-refractivity contribution in [1.82, 2.24) is 10.3 Å². The molecular formula is C17H13N3O2. The molecule has 2 amide bonds. The molecule has 1 aromatic heterocycles. The number of nitrogens with one attached hydrogen (secondary N) is 2. The fourth-order valence-corrected chi connectivity index (χ4v) is 2.97. The zero-order valence-electron chi connectivity index (χ0n) is 11.6. The highest BCUT2D eigenvalue weighted by Gasteiger charge is 2.46. The lowest BCUT2D eigenvalue weighted by molar-refractivity contribution is -0.124. The van der Waals surface area contributed by atoms with E-state index < -0.39 is 17.4 Å². The summed E-state index contributed by atoms with van der Waals surface area (Å²) in [7, 11) is 0. The summed E-state index contributed by atoms with van der Waals surface area (Å²) in [6.45, 7) is 0. The molecule has 0 saturated heterocycles. The maximum Gasteiger partial charge on any atom is 0.258 e. The van der Waals surface area contributed by atoms with E-state index in [1.165, 1.54) is 0 Å². The van der Waals surface area contributed by atoms with Crippen LogP contribution >= 0.6 is 0 Å². The van der Waals surface area contributed by atoms with Gasteiger partial charge in [0.2, 0.25) is 0 Å². The third kappa shape index (κ3) is 1.57. The fraction of sp³-hybridized carbons (Fsp3) is 0.0588. The van der Waals surface area contributed by atoms with Crippen LogP contribution in [0.5, 0.6) is 0 Å². The van der Waals surface area contributed by atoms with Gasteiger partial charge in [-0.05, 0) is 23.6 Å². The third-order valence-corrected chi connectivity index (χ3v) is 4.14. The van der Waals surface area contributed by atoms with Gasteiger partial charge in [0, 0.05) is 16.6 Å². The van der Waals surface area contributed by atoms with Gasteiger partial charge in [-0.2, -0.15) is 0 Å². The summed E-state index contributed by atoms with van der Waals surface area (Å²) < 4.78 is 0. The van der Waals surface area contributed by atoms with Crippen molar-refractivity contribution in [2.75, 3.05) is 0 Å². The molecule has 2 aromatic carbocycles. The second kappa shape index (κ2) is 4.29. The molecule has 0 fully saturated rings. The summed E-state index contributed by atoms with van der Waals surface area (Å²) in [5, 5.41) is 3.31. The van der Waals surface area contributed by atoms with Gasteiger partial charge < -0.3 is 10.7 Å². The van der Waals surface area contributed by atoms with Crippen LogP contribution in [0.2, 0.25) is 0 Å². The number of amides is 2. The monoisotopic (exact) mass is 291 g/mol. The first-order chi connectivity index (χ1) is 10.6. The van der Waals surface area contributed by atoms with Crippen LogP contribution in [0.25, 0.3) is 10.9 Å². The molecule has 4 N–H and O–H groups in total. The van der Waals surface area contributed by atoms with E-state index >= 15 is 0 Å². The van der Waals surface area contributed by atoms with Gasteiger partial charge in [0.15, 0.2) is 5.54 Å². The van der Waals surface area contributed by atoms with Crippen molar-refractivity contribution in [3.05, 3.63) is 71.4 Å². The molecule has 1 aliphatic heterocycles. The topological polar surface area (TPSA) is 88.0 Å². The second-order valence-electron chi connectivity index (χ2n) is 5.41. The third-order valence-electron chi connectivity index (χ3n) is 4.14. The summed E-state index contributed by atoms with van der Waals surface area (Å²) >= 11 is 0. The Morgan fingerprint density at radius 1 is 0.955 bits per heavy atom. The van der Waals surface area contributed by atoms with Crippen LogP contribution in [0.15, 0.2) is 54.6 Å². The van der Waals surface area contributed by atoms with E-state index in [-0.39, 0.29) is 0 Å². The number of imide groups is 1. The van der Waals surface area contributed by atoms with Crippen molar-refractivity contribution in [3.8, 4) is 0 Å². The molecule has 108 valence electrons. The molecule has 0 radical (unpaired) electrons. The molecule has 1 atom stereocenters. The number of carbonyl (C=O) groups excluding carboxylic acids is 2. The lowest BCUT2D eigenvalue weighted by Crippen LogP contribution is -2.58. The Balaban J connectivity index is 2.01. The van der Waals surface area contributed by atoms with E-state index in [9.17, 15) is 9.59 Å². The molecule has 5 heteroatoms. The average Bonchev–Trinajstić information content (AvgIpc) is 2.97. The Kier molecular flexibility index (Phi) is 2.49. The number of hydrogen-bond donors (Lipinski definition) is 3. The van der Waals surface area contributed by atoms with Crippen LogP contribution < -0.4 is 11.1 Å². The minimum absolute atomic E-state index is 0.419. The highest BCUT2D eigenvalue weighted by Crippen LogP contribution is 2.34. The molecule has 1 unspecified atom stereocenters. The Labute approximate surface area is 126 Å². The second-order valence-corrected chi connectivity index (χ2v) is 5.41. The Morgan fingerprint density at radius 2 is 1.68 bits per heavy atom. The molecule has 5 nitrogen and oxygen atoms in total. The van der Waals surface area contributed by atoms with Crippen LogP contribution in [0.3, 0.4) is 0 Å². The number of para-hydroxylation sites is 1. The molecule has 22 heavy (non-hydrogen) atoms. The summed E-state index contributed by atoms with van der Waals surface area (Å²) in [6, 6.07) is 16.4. The van der Waals surface area contributed by atoms with Crippen LogP contribution in [-0.2, 0) is 10.3 Å². The summed E-state index contributed by atoms with van der Waals surface area (Å²) in [4.78, 5) is 27.7. The number of fused-ring (bicyclic) bond motifs is 2. The SMILES string of the molecule is NC1(c2cc3ccccc3[nH]2)C(=O)NC(=O)c2ccccc21. The lowest BCUT2D eigenvalue weighted by Gasteiger charge is -2.32. The van der Waals surface area contributed by atoms with Gasteiger partial charge in [-0.15, -0.1) is 0 Å². The standard InChI is InChI=1S/C17H13N3O2/c18-17(14-9-10-5-1-4-8-13(10)19-14)12-7-3-2-6-11(12)15(21)20-16(17)22/h1-9,19H,18H2,(H,20,21,22). The maximum atomic E-state index is 12.5. The minimum Gasteiger partial charge on any atom is -0.356 e. The smallest absolute Gasteiger partial charge is 0.258 e. The van der Waals surface area contributed by atoms with Crippen LogP contribution in [0.4, 0.5) is 0 Å². The van der Waals surface area contributed by atoms with E-state index in [4.69, 9.17) is 5.73 Å². The largest absolute Gasteiger partial charge is 0.356 e. The predicted octanol–water partition coefficient (Wildman–Crippen LogP) is 1.64. The number of carbonyl (C=O) groups is 2. The maximum absolute atomic E-state index is 12.5. The molecule has 3 aromatic rings. The molecule has 1 aliphatic rings. The molecule has 0 spiro atoms. The van der Waals surface area contributed by atoms with E-state index in [0.717, 1.165) is 10.9 Å². The zero-order valence-corrected chi connectivity index (χ0v) is 11.6. The Morgan fingerprint density at radius 3 is 2.50 bits per heavy atom. The predicted molar refractivity (Wildman–Crippen MR) is 82.2 cm³/mol.